The van der Waals surface area contributed by atoms with Crippen LogP contribution in [0, 0.1) is 0 Å². The lowest BCUT2D eigenvalue weighted by atomic mass is 10.1. The van der Waals surface area contributed by atoms with Crippen LogP contribution >= 0.6 is 0 Å². The van der Waals surface area contributed by atoms with Crippen LogP contribution < -0.4 is 11.1 Å². The number of hydrogen-bond donors (Lipinski definition) is 3. The summed E-state index contributed by atoms with van der Waals surface area (Å²) in [7, 11) is 0. The zero-order valence-electron chi connectivity index (χ0n) is 9.38. The van der Waals surface area contributed by atoms with Crippen molar-refractivity contribution in [3.63, 3.8) is 0 Å². The zero-order valence-corrected chi connectivity index (χ0v) is 9.38. The topological polar surface area (TPSA) is 71.2 Å². The minimum absolute atomic E-state index is 0.380. The van der Waals surface area contributed by atoms with Crippen molar-refractivity contribution in [3.8, 4) is 0 Å². The van der Waals surface area contributed by atoms with E-state index in [0.29, 0.717) is 18.1 Å². The number of nitrogens with zero attached hydrogens (tertiary/aromatic N) is 1. The van der Waals surface area contributed by atoms with E-state index < -0.39 is 6.10 Å². The highest BCUT2D eigenvalue weighted by atomic mass is 16.3. The molecule has 0 saturated heterocycles. The third-order valence-electron chi connectivity index (χ3n) is 2.49. The smallest absolute Gasteiger partial charge is 0.149 e. The van der Waals surface area contributed by atoms with E-state index in [4.69, 9.17) is 5.73 Å². The van der Waals surface area contributed by atoms with Gasteiger partial charge in [-0.25, -0.2) is 4.98 Å². The molecule has 88 valence electrons. The average molecular weight is 229 g/mol. The molecule has 0 amide bonds. The maximum Gasteiger partial charge on any atom is 0.149 e. The minimum atomic E-state index is -0.572. The van der Waals surface area contributed by atoms with Gasteiger partial charge in [-0.05, 0) is 17.7 Å². The molecule has 0 bridgehead atoms. The van der Waals surface area contributed by atoms with Gasteiger partial charge >= 0.3 is 0 Å². The molecule has 0 spiro atoms. The summed E-state index contributed by atoms with van der Waals surface area (Å²) in [5.41, 5.74) is 7.19. The average Bonchev–Trinajstić information content (AvgIpc) is 2.38. The van der Waals surface area contributed by atoms with E-state index in [0.717, 1.165) is 5.56 Å². The first-order valence-corrected chi connectivity index (χ1v) is 5.45. The molecule has 0 aliphatic rings. The fourth-order valence-corrected chi connectivity index (χ4v) is 1.55. The Labute approximate surface area is 100 Å². The molecule has 0 aliphatic heterocycles. The molecule has 2 rings (SSSR count). The Morgan fingerprint density at radius 3 is 2.65 bits per heavy atom. The Morgan fingerprint density at radius 2 is 1.94 bits per heavy atom. The van der Waals surface area contributed by atoms with Crippen molar-refractivity contribution in [2.24, 2.45) is 0 Å². The highest BCUT2D eigenvalue weighted by Gasteiger charge is 2.07. The predicted octanol–water partition coefficient (Wildman–Crippen LogP) is 1.81. The SMILES string of the molecule is Nc1cccnc1NC[C@H](O)c1ccccc1. The van der Waals surface area contributed by atoms with Gasteiger partial charge in [-0.15, -0.1) is 0 Å². The summed E-state index contributed by atoms with van der Waals surface area (Å²) in [6.45, 7) is 0.380. The van der Waals surface area contributed by atoms with Gasteiger partial charge in [0.15, 0.2) is 0 Å². The number of nitrogens with two attached hydrogens (primary N) is 1. The number of pyridine rings is 1. The molecule has 0 saturated carbocycles. The van der Waals surface area contributed by atoms with Gasteiger partial charge in [0, 0.05) is 12.7 Å². The van der Waals surface area contributed by atoms with E-state index in [-0.39, 0.29) is 0 Å². The number of hydrogen-bond acceptors (Lipinski definition) is 4. The third kappa shape index (κ3) is 2.95. The second-order valence-electron chi connectivity index (χ2n) is 3.75. The molecule has 1 aromatic heterocycles. The molecule has 0 aliphatic carbocycles. The molecule has 1 aromatic carbocycles. The Balaban J connectivity index is 1.97. The Hall–Kier alpha value is -2.07. The maximum absolute atomic E-state index is 9.94. The lowest BCUT2D eigenvalue weighted by Crippen LogP contribution is -2.13. The van der Waals surface area contributed by atoms with E-state index in [1.165, 1.54) is 0 Å². The number of aromatic nitrogens is 1. The normalized spacial score (nSPS) is 12.1. The Morgan fingerprint density at radius 1 is 1.18 bits per heavy atom. The number of rotatable bonds is 4. The van der Waals surface area contributed by atoms with Crippen LogP contribution in [0.1, 0.15) is 11.7 Å². The van der Waals surface area contributed by atoms with Crippen LogP contribution in [-0.2, 0) is 0 Å². The van der Waals surface area contributed by atoms with Gasteiger partial charge in [0.05, 0.1) is 11.8 Å². The van der Waals surface area contributed by atoms with Crippen LogP contribution in [0.3, 0.4) is 0 Å². The molecule has 1 atom stereocenters. The zero-order chi connectivity index (χ0) is 12.1. The fraction of sp³-hybridized carbons (Fsp3) is 0.154. The van der Waals surface area contributed by atoms with E-state index >= 15 is 0 Å². The molecule has 2 aromatic rings. The van der Waals surface area contributed by atoms with Crippen LogP contribution in [0.4, 0.5) is 11.5 Å². The lowest BCUT2D eigenvalue weighted by molar-refractivity contribution is 0.191. The molecule has 1 heterocycles. The van der Waals surface area contributed by atoms with Crippen LogP contribution in [-0.4, -0.2) is 16.6 Å². The molecule has 0 unspecified atom stereocenters. The first kappa shape index (κ1) is 11.4. The molecule has 0 radical (unpaired) electrons. The van der Waals surface area contributed by atoms with Crippen molar-refractivity contribution >= 4 is 11.5 Å². The maximum atomic E-state index is 9.94. The summed E-state index contributed by atoms with van der Waals surface area (Å²) < 4.78 is 0. The highest BCUT2D eigenvalue weighted by Crippen LogP contribution is 2.16. The summed E-state index contributed by atoms with van der Waals surface area (Å²) >= 11 is 0. The van der Waals surface area contributed by atoms with Gasteiger partial charge in [0.25, 0.3) is 0 Å². The number of aliphatic hydroxyl groups excluding tert-OH is 1. The second-order valence-corrected chi connectivity index (χ2v) is 3.75. The standard InChI is InChI=1S/C13H15N3O/c14-11-7-4-8-15-13(11)16-9-12(17)10-5-2-1-3-6-10/h1-8,12,17H,9,14H2,(H,15,16)/t12-/m0/s1. The first-order valence-electron chi connectivity index (χ1n) is 5.45. The van der Waals surface area contributed by atoms with Crippen LogP contribution in [0.2, 0.25) is 0 Å². The van der Waals surface area contributed by atoms with Crippen LogP contribution in [0.15, 0.2) is 48.7 Å². The Kier molecular flexibility index (Phi) is 3.57. The van der Waals surface area contributed by atoms with Gasteiger partial charge in [-0.2, -0.15) is 0 Å². The predicted molar refractivity (Wildman–Crippen MR) is 68.5 cm³/mol. The van der Waals surface area contributed by atoms with E-state index in [1.807, 2.05) is 30.3 Å². The van der Waals surface area contributed by atoms with Crippen molar-refractivity contribution in [3.05, 3.63) is 54.2 Å². The van der Waals surface area contributed by atoms with Gasteiger partial charge in [0.1, 0.15) is 5.82 Å². The van der Waals surface area contributed by atoms with Gasteiger partial charge in [-0.3, -0.25) is 0 Å². The fourth-order valence-electron chi connectivity index (χ4n) is 1.55. The number of anilines is 2. The number of benzene rings is 1. The largest absolute Gasteiger partial charge is 0.396 e. The van der Waals surface area contributed by atoms with Crippen molar-refractivity contribution in [1.29, 1.82) is 0 Å². The molecule has 4 N–H and O–H groups in total. The summed E-state index contributed by atoms with van der Waals surface area (Å²) in [5, 5.41) is 13.0. The quantitative estimate of drug-likeness (QED) is 0.747. The van der Waals surface area contributed by atoms with E-state index in [9.17, 15) is 5.11 Å². The second kappa shape index (κ2) is 5.32. The third-order valence-corrected chi connectivity index (χ3v) is 2.49. The molecule has 0 fully saturated rings. The molecule has 4 heteroatoms. The van der Waals surface area contributed by atoms with Gasteiger partial charge in [0.2, 0.25) is 0 Å². The van der Waals surface area contributed by atoms with Crippen LogP contribution in [0.25, 0.3) is 0 Å². The van der Waals surface area contributed by atoms with Gasteiger partial charge < -0.3 is 16.2 Å². The lowest BCUT2D eigenvalue weighted by Gasteiger charge is -2.13. The van der Waals surface area contributed by atoms with Crippen molar-refractivity contribution in [1.82, 2.24) is 4.98 Å². The van der Waals surface area contributed by atoms with Gasteiger partial charge in [-0.1, -0.05) is 30.3 Å². The van der Waals surface area contributed by atoms with E-state index in [2.05, 4.69) is 10.3 Å². The molecular weight excluding hydrogens is 214 g/mol. The number of nitrogens with one attached hydrogen (secondary N) is 1. The minimum Gasteiger partial charge on any atom is -0.396 e. The molecular formula is C13H15N3O. The van der Waals surface area contributed by atoms with Crippen molar-refractivity contribution in [2.45, 2.75) is 6.10 Å². The van der Waals surface area contributed by atoms with E-state index in [1.54, 1.807) is 18.3 Å². The van der Waals surface area contributed by atoms with Crippen LogP contribution in [0.5, 0.6) is 0 Å². The summed E-state index contributed by atoms with van der Waals surface area (Å²) in [6.07, 6.45) is 1.09. The highest BCUT2D eigenvalue weighted by molar-refractivity contribution is 5.60. The number of nitrogen functional groups attached to an aromatic ring is 1. The molecule has 17 heavy (non-hydrogen) atoms. The monoisotopic (exact) mass is 229 g/mol. The first-order chi connectivity index (χ1) is 8.27. The summed E-state index contributed by atoms with van der Waals surface area (Å²) in [4.78, 5) is 4.10. The van der Waals surface area contributed by atoms with Crippen molar-refractivity contribution < 1.29 is 5.11 Å². The molecule has 4 nitrogen and oxygen atoms in total. The summed E-state index contributed by atoms with van der Waals surface area (Å²) in [6, 6.07) is 13.0. The Bertz CT molecular complexity index is 473. The summed E-state index contributed by atoms with van der Waals surface area (Å²) in [5.74, 6) is 0.600. The number of aliphatic hydroxyl groups is 1. The van der Waals surface area contributed by atoms with Crippen molar-refractivity contribution in [2.75, 3.05) is 17.6 Å².